The minimum atomic E-state index is 0.292. The van der Waals surface area contributed by atoms with Crippen LogP contribution in [0.2, 0.25) is 0 Å². The monoisotopic (exact) mass is 356 g/mol. The van der Waals surface area contributed by atoms with Crippen LogP contribution >= 0.6 is 15.9 Å². The maximum absolute atomic E-state index is 4.61. The van der Waals surface area contributed by atoms with Gasteiger partial charge in [-0.1, -0.05) is 20.8 Å². The van der Waals surface area contributed by atoms with Crippen LogP contribution < -0.4 is 5.32 Å². The van der Waals surface area contributed by atoms with Crippen molar-refractivity contribution in [3.05, 3.63) is 15.9 Å². The molecule has 0 saturated carbocycles. The van der Waals surface area contributed by atoms with Crippen molar-refractivity contribution in [1.82, 2.24) is 20.0 Å². The van der Waals surface area contributed by atoms with Crippen LogP contribution in [0.15, 0.2) is 4.47 Å². The Morgan fingerprint density at radius 2 is 2.10 bits per heavy atom. The van der Waals surface area contributed by atoms with Crippen LogP contribution in [-0.2, 0) is 13.1 Å². The first-order valence-corrected chi connectivity index (χ1v) is 8.79. The molecule has 1 N–H and O–H groups in total. The molecule has 2 rings (SSSR count). The Morgan fingerprint density at radius 1 is 1.38 bits per heavy atom. The van der Waals surface area contributed by atoms with E-state index in [1.165, 1.54) is 16.6 Å². The molecule has 1 unspecified atom stereocenters. The zero-order valence-electron chi connectivity index (χ0n) is 14.0. The van der Waals surface area contributed by atoms with Crippen molar-refractivity contribution in [2.24, 2.45) is 5.41 Å². The summed E-state index contributed by atoms with van der Waals surface area (Å²) in [7, 11) is 0. The Hall–Kier alpha value is -0.390. The summed E-state index contributed by atoms with van der Waals surface area (Å²) >= 11 is 3.72. The summed E-state index contributed by atoms with van der Waals surface area (Å²) in [4.78, 5) is 2.57. The number of aromatic nitrogens is 2. The molecule has 1 aromatic heterocycles. The van der Waals surface area contributed by atoms with Crippen molar-refractivity contribution >= 4 is 15.9 Å². The largest absolute Gasteiger partial charge is 0.312 e. The summed E-state index contributed by atoms with van der Waals surface area (Å²) in [5.41, 5.74) is 2.69. The van der Waals surface area contributed by atoms with Crippen LogP contribution in [0.4, 0.5) is 0 Å². The Labute approximate surface area is 137 Å². The predicted molar refractivity (Wildman–Crippen MR) is 91.5 cm³/mol. The molecule has 4 nitrogen and oxygen atoms in total. The van der Waals surface area contributed by atoms with Gasteiger partial charge in [0, 0.05) is 25.7 Å². The molecule has 0 spiro atoms. The molecule has 120 valence electrons. The van der Waals surface area contributed by atoms with Crippen molar-refractivity contribution in [2.45, 2.75) is 60.2 Å². The predicted octanol–water partition coefficient (Wildman–Crippen LogP) is 3.18. The number of hydrogen-bond acceptors (Lipinski definition) is 3. The molecule has 0 aliphatic carbocycles. The van der Waals surface area contributed by atoms with E-state index in [-0.39, 0.29) is 0 Å². The molecule has 1 fully saturated rings. The lowest BCUT2D eigenvalue weighted by Gasteiger charge is -2.33. The van der Waals surface area contributed by atoms with Gasteiger partial charge in [-0.05, 0) is 54.7 Å². The Bertz CT molecular complexity index is 475. The third-order valence-electron chi connectivity index (χ3n) is 4.35. The van der Waals surface area contributed by atoms with Crippen LogP contribution in [0.1, 0.15) is 45.5 Å². The zero-order valence-corrected chi connectivity index (χ0v) is 15.6. The fourth-order valence-electron chi connectivity index (χ4n) is 2.95. The first-order chi connectivity index (χ1) is 9.82. The highest BCUT2D eigenvalue weighted by atomic mass is 79.9. The van der Waals surface area contributed by atoms with Gasteiger partial charge in [0.2, 0.25) is 0 Å². The van der Waals surface area contributed by atoms with E-state index in [0.717, 1.165) is 38.4 Å². The lowest BCUT2D eigenvalue weighted by Crippen LogP contribution is -2.46. The maximum Gasteiger partial charge on any atom is 0.0739 e. The standard InChI is InChI=1S/C16H29BrN4/c1-6-21-13(15(17)12(2)19-21)10-20-9-7-8-18-14(11-20)16(3,4)5/h14,18H,6-11H2,1-5H3. The highest BCUT2D eigenvalue weighted by Crippen LogP contribution is 2.25. The van der Waals surface area contributed by atoms with Gasteiger partial charge in [0.15, 0.2) is 0 Å². The van der Waals surface area contributed by atoms with Gasteiger partial charge >= 0.3 is 0 Å². The molecular weight excluding hydrogens is 328 g/mol. The number of nitrogens with zero attached hydrogens (tertiary/aromatic N) is 3. The summed E-state index contributed by atoms with van der Waals surface area (Å²) in [6, 6.07) is 0.540. The van der Waals surface area contributed by atoms with Crippen LogP contribution in [-0.4, -0.2) is 40.4 Å². The van der Waals surface area contributed by atoms with E-state index < -0.39 is 0 Å². The molecule has 0 bridgehead atoms. The maximum atomic E-state index is 4.61. The van der Waals surface area contributed by atoms with Crippen LogP contribution in [0.3, 0.4) is 0 Å². The molecule has 0 radical (unpaired) electrons. The molecular formula is C16H29BrN4. The van der Waals surface area contributed by atoms with E-state index in [9.17, 15) is 0 Å². The topological polar surface area (TPSA) is 33.1 Å². The van der Waals surface area contributed by atoms with E-state index in [1.807, 2.05) is 0 Å². The van der Waals surface area contributed by atoms with Gasteiger partial charge < -0.3 is 5.32 Å². The Morgan fingerprint density at radius 3 is 2.71 bits per heavy atom. The quantitative estimate of drug-likeness (QED) is 0.902. The van der Waals surface area contributed by atoms with Crippen LogP contribution in [0.25, 0.3) is 0 Å². The third kappa shape index (κ3) is 4.08. The van der Waals surface area contributed by atoms with Gasteiger partial charge in [-0.2, -0.15) is 5.10 Å². The number of hydrogen-bond donors (Lipinski definition) is 1. The summed E-state index contributed by atoms with van der Waals surface area (Å²) in [5.74, 6) is 0. The molecule has 1 atom stereocenters. The normalized spacial score (nSPS) is 21.5. The van der Waals surface area contributed by atoms with E-state index in [4.69, 9.17) is 0 Å². The lowest BCUT2D eigenvalue weighted by molar-refractivity contribution is 0.188. The van der Waals surface area contributed by atoms with Crippen LogP contribution in [0, 0.1) is 12.3 Å². The van der Waals surface area contributed by atoms with Gasteiger partial charge in [-0.25, -0.2) is 0 Å². The van der Waals surface area contributed by atoms with Gasteiger partial charge in [-0.15, -0.1) is 0 Å². The highest BCUT2D eigenvalue weighted by molar-refractivity contribution is 9.10. The third-order valence-corrected chi connectivity index (χ3v) is 5.39. The highest BCUT2D eigenvalue weighted by Gasteiger charge is 2.28. The van der Waals surface area contributed by atoms with Crippen molar-refractivity contribution in [3.8, 4) is 0 Å². The lowest BCUT2D eigenvalue weighted by atomic mass is 9.86. The fourth-order valence-corrected chi connectivity index (χ4v) is 3.36. The molecule has 0 amide bonds. The fraction of sp³-hybridized carbons (Fsp3) is 0.812. The van der Waals surface area contributed by atoms with E-state index >= 15 is 0 Å². The minimum Gasteiger partial charge on any atom is -0.312 e. The summed E-state index contributed by atoms with van der Waals surface area (Å²) in [6.45, 7) is 16.5. The SMILES string of the molecule is CCn1nc(C)c(Br)c1CN1CCCNC(C(C)(C)C)C1. The number of rotatable bonds is 3. The molecule has 21 heavy (non-hydrogen) atoms. The van der Waals surface area contributed by atoms with Crippen molar-refractivity contribution in [1.29, 1.82) is 0 Å². The summed E-state index contributed by atoms with van der Waals surface area (Å²) in [6.07, 6.45) is 1.21. The second-order valence-electron chi connectivity index (χ2n) is 7.12. The van der Waals surface area contributed by atoms with E-state index in [2.05, 4.69) is 70.5 Å². The molecule has 5 heteroatoms. The van der Waals surface area contributed by atoms with Crippen molar-refractivity contribution < 1.29 is 0 Å². The second-order valence-corrected chi connectivity index (χ2v) is 7.92. The molecule has 2 heterocycles. The smallest absolute Gasteiger partial charge is 0.0739 e. The van der Waals surface area contributed by atoms with Crippen molar-refractivity contribution in [3.63, 3.8) is 0 Å². The molecule has 1 saturated heterocycles. The Balaban J connectivity index is 2.14. The average Bonchev–Trinajstić information content (AvgIpc) is 2.60. The number of aryl methyl sites for hydroxylation is 2. The second kappa shape index (κ2) is 6.80. The first-order valence-electron chi connectivity index (χ1n) is 8.00. The van der Waals surface area contributed by atoms with Crippen molar-refractivity contribution in [2.75, 3.05) is 19.6 Å². The zero-order chi connectivity index (χ0) is 15.6. The first kappa shape index (κ1) is 17.0. The van der Waals surface area contributed by atoms with E-state index in [1.54, 1.807) is 0 Å². The summed E-state index contributed by atoms with van der Waals surface area (Å²) < 4.78 is 3.30. The van der Waals surface area contributed by atoms with Gasteiger partial charge in [0.1, 0.15) is 0 Å². The van der Waals surface area contributed by atoms with Gasteiger partial charge in [0.25, 0.3) is 0 Å². The Kier molecular flexibility index (Phi) is 5.49. The van der Waals surface area contributed by atoms with Gasteiger partial charge in [0.05, 0.1) is 15.9 Å². The van der Waals surface area contributed by atoms with Gasteiger partial charge in [-0.3, -0.25) is 9.58 Å². The minimum absolute atomic E-state index is 0.292. The number of halogens is 1. The van der Waals surface area contributed by atoms with Crippen LogP contribution in [0.5, 0.6) is 0 Å². The average molecular weight is 357 g/mol. The summed E-state index contributed by atoms with van der Waals surface area (Å²) in [5, 5.41) is 8.32. The number of nitrogens with one attached hydrogen (secondary N) is 1. The molecule has 0 aromatic carbocycles. The van der Waals surface area contributed by atoms with E-state index in [0.29, 0.717) is 11.5 Å². The molecule has 1 aliphatic rings. The molecule has 1 aromatic rings. The molecule has 1 aliphatic heterocycles.